The van der Waals surface area contributed by atoms with Gasteiger partial charge in [-0.2, -0.15) is 0 Å². The van der Waals surface area contributed by atoms with E-state index in [4.69, 9.17) is 5.11 Å². The number of alkyl halides is 3. The third-order valence-corrected chi connectivity index (χ3v) is 8.53. The van der Waals surface area contributed by atoms with Crippen LogP contribution in [0.4, 0.5) is 18.9 Å². The molecule has 46 heavy (non-hydrogen) atoms. The number of carbonyl (C=O) groups is 3. The third kappa shape index (κ3) is 9.67. The van der Waals surface area contributed by atoms with Crippen LogP contribution in [0, 0.1) is 0 Å². The van der Waals surface area contributed by atoms with Crippen molar-refractivity contribution < 1.29 is 45.8 Å². The Hall–Kier alpha value is -4.65. The Morgan fingerprint density at radius 3 is 2.26 bits per heavy atom. The molecule has 0 radical (unpaired) electrons. The zero-order valence-corrected chi connectivity index (χ0v) is 25.7. The molecule has 0 fully saturated rings. The zero-order chi connectivity index (χ0) is 33.5. The monoisotopic (exact) mass is 658 g/mol. The summed E-state index contributed by atoms with van der Waals surface area (Å²) >= 11 is 0. The molecule has 0 aliphatic heterocycles. The van der Waals surface area contributed by atoms with Crippen molar-refractivity contribution in [2.75, 3.05) is 18.1 Å². The Bertz CT molecular complexity index is 1720. The Labute approximate surface area is 264 Å². The number of carboxylic acids is 1. The average Bonchev–Trinajstić information content (AvgIpc) is 3.00. The van der Waals surface area contributed by atoms with Gasteiger partial charge in [-0.15, -0.1) is 13.2 Å². The second-order valence-corrected chi connectivity index (χ2v) is 12.9. The number of sulfone groups is 1. The number of halogens is 3. The number of anilines is 1. The van der Waals surface area contributed by atoms with E-state index in [-0.39, 0.29) is 25.1 Å². The molecule has 0 saturated heterocycles. The van der Waals surface area contributed by atoms with E-state index in [9.17, 15) is 36.0 Å². The molecule has 0 saturated carbocycles. The van der Waals surface area contributed by atoms with Gasteiger partial charge in [0.25, 0.3) is 5.91 Å². The summed E-state index contributed by atoms with van der Waals surface area (Å²) in [4.78, 5) is 36.1. The smallest absolute Gasteiger partial charge is 0.481 e. The van der Waals surface area contributed by atoms with Crippen molar-refractivity contribution in [2.45, 2.75) is 55.7 Å². The Kier molecular flexibility index (Phi) is 10.9. The fourth-order valence-electron chi connectivity index (χ4n) is 5.12. The van der Waals surface area contributed by atoms with E-state index >= 15 is 0 Å². The fraction of sp³-hybridized carbons (Fsp3) is 0.303. The molecule has 1 atom stereocenters. The molecule has 0 aromatic heterocycles. The maximum atomic E-state index is 13.7. The van der Waals surface area contributed by atoms with Crippen LogP contribution >= 0.6 is 0 Å². The SMILES string of the molecule is CS(=O)(=O)c1cc(NC(=O)C(Cc2ccc(C(=O)NCCC(=O)O)cc2)c2ccc(C3=CCCCC3)cc2)ccc1OC(F)(F)F. The lowest BCUT2D eigenvalue weighted by Crippen LogP contribution is -2.26. The normalized spacial score (nSPS) is 14.1. The first-order valence-electron chi connectivity index (χ1n) is 14.5. The summed E-state index contributed by atoms with van der Waals surface area (Å²) in [5, 5.41) is 13.9. The molecule has 0 bridgehead atoms. The molecule has 0 heterocycles. The number of carboxylic acid groups (broad SMARTS) is 1. The molecule has 1 unspecified atom stereocenters. The summed E-state index contributed by atoms with van der Waals surface area (Å²) in [5.74, 6) is -3.75. The van der Waals surface area contributed by atoms with Gasteiger partial charge >= 0.3 is 12.3 Å². The van der Waals surface area contributed by atoms with Gasteiger partial charge in [0, 0.05) is 24.1 Å². The van der Waals surface area contributed by atoms with Crippen LogP contribution in [0.25, 0.3) is 5.57 Å². The van der Waals surface area contributed by atoms with Crippen molar-refractivity contribution in [3.8, 4) is 5.75 Å². The quantitative estimate of drug-likeness (QED) is 0.213. The van der Waals surface area contributed by atoms with Gasteiger partial charge in [-0.3, -0.25) is 14.4 Å². The lowest BCUT2D eigenvalue weighted by atomic mass is 9.88. The molecule has 1 aliphatic carbocycles. The second kappa shape index (κ2) is 14.6. The minimum Gasteiger partial charge on any atom is -0.481 e. The lowest BCUT2D eigenvalue weighted by molar-refractivity contribution is -0.275. The Morgan fingerprint density at radius 1 is 0.978 bits per heavy atom. The van der Waals surface area contributed by atoms with Crippen molar-refractivity contribution in [1.29, 1.82) is 0 Å². The minimum absolute atomic E-state index is 0.0323. The largest absolute Gasteiger partial charge is 0.573 e. The summed E-state index contributed by atoms with van der Waals surface area (Å²) in [6, 6.07) is 16.9. The van der Waals surface area contributed by atoms with E-state index in [0.29, 0.717) is 16.7 Å². The topological polar surface area (TPSA) is 139 Å². The Balaban J connectivity index is 1.61. The van der Waals surface area contributed by atoms with Gasteiger partial charge < -0.3 is 20.5 Å². The number of amides is 2. The number of ether oxygens (including phenoxy) is 1. The standard InChI is InChI=1S/C33H33F3N2O7S/c1-46(43,44)29-20-26(15-16-28(29)45-33(34,35)36)38-32(42)27(24-13-11-23(12-14-24)22-5-3-2-4-6-22)19-21-7-9-25(10-8-21)31(41)37-18-17-30(39)40/h5,7-16,20,27H,2-4,6,17-19H2,1H3,(H,37,41)(H,38,42)(H,39,40). The first-order chi connectivity index (χ1) is 21.7. The van der Waals surface area contributed by atoms with Gasteiger partial charge in [-0.05, 0) is 84.7 Å². The van der Waals surface area contributed by atoms with Crippen molar-refractivity contribution in [3.05, 3.63) is 95.1 Å². The van der Waals surface area contributed by atoms with Crippen LogP contribution < -0.4 is 15.4 Å². The summed E-state index contributed by atoms with van der Waals surface area (Å²) in [6.45, 7) is -0.0323. The number of rotatable bonds is 12. The van der Waals surface area contributed by atoms with Gasteiger partial charge in [-0.1, -0.05) is 42.5 Å². The highest BCUT2D eigenvalue weighted by molar-refractivity contribution is 7.90. The number of carbonyl (C=O) groups excluding carboxylic acids is 2. The number of aliphatic carboxylic acids is 1. The van der Waals surface area contributed by atoms with Crippen LogP contribution in [-0.4, -0.2) is 50.5 Å². The third-order valence-electron chi connectivity index (χ3n) is 7.41. The Morgan fingerprint density at radius 2 is 1.67 bits per heavy atom. The van der Waals surface area contributed by atoms with E-state index in [1.165, 1.54) is 5.57 Å². The molecule has 2 amide bonds. The average molecular weight is 659 g/mol. The van der Waals surface area contributed by atoms with Crippen molar-refractivity contribution in [1.82, 2.24) is 5.32 Å². The molecule has 3 N–H and O–H groups in total. The molecular weight excluding hydrogens is 625 g/mol. The zero-order valence-electron chi connectivity index (χ0n) is 24.9. The van der Waals surface area contributed by atoms with Crippen LogP contribution in [0.1, 0.15) is 65.1 Å². The molecule has 13 heteroatoms. The highest BCUT2D eigenvalue weighted by Gasteiger charge is 2.34. The molecule has 1 aliphatic rings. The number of benzene rings is 3. The highest BCUT2D eigenvalue weighted by atomic mass is 32.2. The van der Waals surface area contributed by atoms with Gasteiger partial charge in [0.15, 0.2) is 9.84 Å². The lowest BCUT2D eigenvalue weighted by Gasteiger charge is -2.20. The van der Waals surface area contributed by atoms with Gasteiger partial charge in [0.1, 0.15) is 10.6 Å². The van der Waals surface area contributed by atoms with E-state index in [1.54, 1.807) is 24.3 Å². The number of nitrogens with one attached hydrogen (secondary N) is 2. The molecule has 3 aromatic rings. The van der Waals surface area contributed by atoms with E-state index in [1.807, 2.05) is 24.3 Å². The summed E-state index contributed by atoms with van der Waals surface area (Å²) in [5.41, 5.74) is 3.86. The predicted octanol–water partition coefficient (Wildman–Crippen LogP) is 6.12. The van der Waals surface area contributed by atoms with Gasteiger partial charge in [0.05, 0.1) is 12.3 Å². The molecule has 9 nitrogen and oxygen atoms in total. The first-order valence-corrected chi connectivity index (χ1v) is 16.4. The molecule has 0 spiro atoms. The van der Waals surface area contributed by atoms with Crippen LogP contribution in [0.3, 0.4) is 0 Å². The number of hydrogen-bond donors (Lipinski definition) is 3. The molecule has 244 valence electrons. The van der Waals surface area contributed by atoms with E-state index in [2.05, 4.69) is 21.4 Å². The van der Waals surface area contributed by atoms with Gasteiger partial charge in [-0.25, -0.2) is 8.42 Å². The number of hydrogen-bond acceptors (Lipinski definition) is 6. The van der Waals surface area contributed by atoms with Crippen molar-refractivity contribution in [2.24, 2.45) is 0 Å². The van der Waals surface area contributed by atoms with Crippen LogP contribution in [0.15, 0.2) is 77.7 Å². The molecular formula is C33H33F3N2O7S. The maximum absolute atomic E-state index is 13.7. The highest BCUT2D eigenvalue weighted by Crippen LogP contribution is 2.33. The van der Waals surface area contributed by atoms with E-state index in [0.717, 1.165) is 55.7 Å². The van der Waals surface area contributed by atoms with Crippen LogP contribution in [0.2, 0.25) is 0 Å². The minimum atomic E-state index is -5.12. The second-order valence-electron chi connectivity index (χ2n) is 10.9. The van der Waals surface area contributed by atoms with E-state index < -0.39 is 50.5 Å². The fourth-order valence-corrected chi connectivity index (χ4v) is 5.93. The predicted molar refractivity (Wildman–Crippen MR) is 165 cm³/mol. The summed E-state index contributed by atoms with van der Waals surface area (Å²) < 4.78 is 67.1. The number of allylic oxidation sites excluding steroid dienone is 2. The molecule has 3 aromatic carbocycles. The van der Waals surface area contributed by atoms with Crippen molar-refractivity contribution in [3.63, 3.8) is 0 Å². The van der Waals surface area contributed by atoms with Crippen LogP contribution in [-0.2, 0) is 25.8 Å². The summed E-state index contributed by atoms with van der Waals surface area (Å²) in [7, 11) is -4.17. The summed E-state index contributed by atoms with van der Waals surface area (Å²) in [6.07, 6.45) is 1.94. The van der Waals surface area contributed by atoms with Gasteiger partial charge in [0.2, 0.25) is 5.91 Å². The van der Waals surface area contributed by atoms with Crippen molar-refractivity contribution >= 4 is 38.9 Å². The maximum Gasteiger partial charge on any atom is 0.573 e. The van der Waals surface area contributed by atoms with Crippen LogP contribution in [0.5, 0.6) is 5.75 Å². The molecule has 4 rings (SSSR count). The first kappa shape index (κ1) is 34.2.